The smallest absolute Gasteiger partial charge is 0.193 e. The SMILES string of the molecule is CN=C(NCC(C)N1CCc2sccc2C1)N1CCCC1. The van der Waals surface area contributed by atoms with Crippen molar-refractivity contribution in [3.63, 3.8) is 0 Å². The van der Waals surface area contributed by atoms with E-state index in [2.05, 4.69) is 38.5 Å². The fourth-order valence-electron chi connectivity index (χ4n) is 3.28. The number of hydrogen-bond acceptors (Lipinski definition) is 3. The first-order valence-corrected chi connectivity index (χ1v) is 8.91. The Morgan fingerprint density at radius 2 is 2.19 bits per heavy atom. The molecule has 1 saturated heterocycles. The number of hydrogen-bond donors (Lipinski definition) is 1. The summed E-state index contributed by atoms with van der Waals surface area (Å²) in [6.07, 6.45) is 3.80. The van der Waals surface area contributed by atoms with Gasteiger partial charge in [-0.25, -0.2) is 0 Å². The van der Waals surface area contributed by atoms with Gasteiger partial charge in [0.15, 0.2) is 5.96 Å². The lowest BCUT2D eigenvalue weighted by Gasteiger charge is -2.33. The van der Waals surface area contributed by atoms with E-state index in [0.29, 0.717) is 6.04 Å². The van der Waals surface area contributed by atoms with E-state index in [1.807, 2.05) is 18.4 Å². The molecule has 1 N–H and O–H groups in total. The second-order valence-electron chi connectivity index (χ2n) is 6.06. The van der Waals surface area contributed by atoms with Crippen molar-refractivity contribution >= 4 is 17.3 Å². The lowest BCUT2D eigenvalue weighted by Crippen LogP contribution is -2.47. The van der Waals surface area contributed by atoms with Gasteiger partial charge in [-0.15, -0.1) is 11.3 Å². The molecule has 1 atom stereocenters. The molecule has 1 aromatic rings. The van der Waals surface area contributed by atoms with Gasteiger partial charge in [0, 0.05) is 50.7 Å². The van der Waals surface area contributed by atoms with Gasteiger partial charge >= 0.3 is 0 Å². The van der Waals surface area contributed by atoms with Gasteiger partial charge in [-0.05, 0) is 43.2 Å². The van der Waals surface area contributed by atoms with Crippen molar-refractivity contribution in [1.29, 1.82) is 0 Å². The molecule has 0 bridgehead atoms. The maximum atomic E-state index is 4.43. The molecule has 2 aliphatic rings. The molecule has 3 heterocycles. The highest BCUT2D eigenvalue weighted by Gasteiger charge is 2.22. The van der Waals surface area contributed by atoms with Gasteiger partial charge in [0.05, 0.1) is 0 Å². The summed E-state index contributed by atoms with van der Waals surface area (Å²) in [5.41, 5.74) is 1.53. The largest absolute Gasteiger partial charge is 0.355 e. The summed E-state index contributed by atoms with van der Waals surface area (Å²) in [5, 5.41) is 5.79. The van der Waals surface area contributed by atoms with Crippen LogP contribution in [0.25, 0.3) is 0 Å². The number of thiophene rings is 1. The Morgan fingerprint density at radius 3 is 2.95 bits per heavy atom. The number of aliphatic imine (C=N–C) groups is 1. The third-order valence-electron chi connectivity index (χ3n) is 4.63. The number of nitrogens with one attached hydrogen (secondary N) is 1. The number of rotatable bonds is 3. The van der Waals surface area contributed by atoms with E-state index in [9.17, 15) is 0 Å². The number of guanidine groups is 1. The van der Waals surface area contributed by atoms with Crippen LogP contribution in [0.4, 0.5) is 0 Å². The summed E-state index contributed by atoms with van der Waals surface area (Å²) in [5.74, 6) is 1.08. The fourth-order valence-corrected chi connectivity index (χ4v) is 4.17. The van der Waals surface area contributed by atoms with Crippen LogP contribution in [0.1, 0.15) is 30.2 Å². The predicted molar refractivity (Wildman–Crippen MR) is 90.1 cm³/mol. The monoisotopic (exact) mass is 306 g/mol. The zero-order chi connectivity index (χ0) is 14.7. The Bertz CT molecular complexity index is 490. The minimum Gasteiger partial charge on any atom is -0.355 e. The summed E-state index contributed by atoms with van der Waals surface area (Å²) in [4.78, 5) is 11.0. The first-order valence-electron chi connectivity index (χ1n) is 8.03. The molecule has 0 spiro atoms. The molecule has 5 heteroatoms. The minimum atomic E-state index is 0.539. The Hall–Kier alpha value is -1.07. The van der Waals surface area contributed by atoms with Gasteiger partial charge in [-0.1, -0.05) is 0 Å². The van der Waals surface area contributed by atoms with Crippen molar-refractivity contribution in [1.82, 2.24) is 15.1 Å². The van der Waals surface area contributed by atoms with Crippen LogP contribution >= 0.6 is 11.3 Å². The molecular weight excluding hydrogens is 280 g/mol. The molecular formula is C16H26N4S. The molecule has 0 aliphatic carbocycles. The van der Waals surface area contributed by atoms with Crippen LogP contribution in [0.15, 0.2) is 16.4 Å². The van der Waals surface area contributed by atoms with E-state index in [1.54, 1.807) is 4.88 Å². The third-order valence-corrected chi connectivity index (χ3v) is 5.66. The highest BCUT2D eigenvalue weighted by Crippen LogP contribution is 2.24. The van der Waals surface area contributed by atoms with Crippen LogP contribution in [-0.4, -0.2) is 55.0 Å². The molecule has 116 valence electrons. The number of likely N-dealkylation sites (tertiary alicyclic amines) is 1. The first-order chi connectivity index (χ1) is 10.3. The Balaban J connectivity index is 1.51. The Morgan fingerprint density at radius 1 is 1.38 bits per heavy atom. The average Bonchev–Trinajstić information content (AvgIpc) is 3.18. The van der Waals surface area contributed by atoms with Crippen molar-refractivity contribution in [3.8, 4) is 0 Å². The van der Waals surface area contributed by atoms with Crippen LogP contribution in [0.5, 0.6) is 0 Å². The van der Waals surface area contributed by atoms with Gasteiger partial charge in [-0.2, -0.15) is 0 Å². The molecule has 0 aromatic carbocycles. The van der Waals surface area contributed by atoms with E-state index in [1.165, 1.54) is 31.4 Å². The van der Waals surface area contributed by atoms with Crippen molar-refractivity contribution in [2.75, 3.05) is 33.2 Å². The maximum Gasteiger partial charge on any atom is 0.193 e. The van der Waals surface area contributed by atoms with E-state index in [0.717, 1.165) is 32.1 Å². The Kier molecular flexibility index (Phi) is 4.80. The molecule has 1 aromatic heterocycles. The minimum absolute atomic E-state index is 0.539. The van der Waals surface area contributed by atoms with Gasteiger partial charge in [-0.3, -0.25) is 9.89 Å². The Labute approximate surface area is 131 Å². The topological polar surface area (TPSA) is 30.9 Å². The van der Waals surface area contributed by atoms with Gasteiger partial charge < -0.3 is 10.2 Å². The molecule has 4 nitrogen and oxygen atoms in total. The highest BCUT2D eigenvalue weighted by atomic mass is 32.1. The van der Waals surface area contributed by atoms with Crippen molar-refractivity contribution in [2.45, 2.75) is 38.8 Å². The molecule has 2 aliphatic heterocycles. The number of fused-ring (bicyclic) bond motifs is 1. The average molecular weight is 306 g/mol. The lowest BCUT2D eigenvalue weighted by molar-refractivity contribution is 0.192. The normalized spacial score (nSPS) is 21.4. The van der Waals surface area contributed by atoms with Crippen LogP contribution < -0.4 is 5.32 Å². The summed E-state index contributed by atoms with van der Waals surface area (Å²) >= 11 is 1.91. The summed E-state index contributed by atoms with van der Waals surface area (Å²) in [6.45, 7) is 7.87. The summed E-state index contributed by atoms with van der Waals surface area (Å²) < 4.78 is 0. The van der Waals surface area contributed by atoms with Gasteiger partial charge in [0.25, 0.3) is 0 Å². The molecule has 1 unspecified atom stereocenters. The van der Waals surface area contributed by atoms with Crippen molar-refractivity contribution in [2.24, 2.45) is 4.99 Å². The van der Waals surface area contributed by atoms with Crippen molar-refractivity contribution < 1.29 is 0 Å². The molecule has 0 amide bonds. The zero-order valence-corrected chi connectivity index (χ0v) is 14.0. The molecule has 3 rings (SSSR count). The van der Waals surface area contributed by atoms with Gasteiger partial charge in [0.1, 0.15) is 0 Å². The van der Waals surface area contributed by atoms with Crippen LogP contribution in [0.3, 0.4) is 0 Å². The summed E-state index contributed by atoms with van der Waals surface area (Å²) in [7, 11) is 1.89. The van der Waals surface area contributed by atoms with Crippen LogP contribution in [0.2, 0.25) is 0 Å². The second-order valence-corrected chi connectivity index (χ2v) is 7.06. The van der Waals surface area contributed by atoms with Crippen LogP contribution in [0, 0.1) is 0 Å². The highest BCUT2D eigenvalue weighted by molar-refractivity contribution is 7.10. The molecule has 0 radical (unpaired) electrons. The molecule has 21 heavy (non-hydrogen) atoms. The van der Waals surface area contributed by atoms with E-state index >= 15 is 0 Å². The van der Waals surface area contributed by atoms with Crippen LogP contribution in [-0.2, 0) is 13.0 Å². The molecule has 1 fully saturated rings. The maximum absolute atomic E-state index is 4.43. The number of nitrogens with zero attached hydrogens (tertiary/aromatic N) is 3. The molecule has 0 saturated carbocycles. The van der Waals surface area contributed by atoms with E-state index in [4.69, 9.17) is 0 Å². The predicted octanol–water partition coefficient (Wildman–Crippen LogP) is 2.17. The van der Waals surface area contributed by atoms with E-state index in [-0.39, 0.29) is 0 Å². The standard InChI is InChI=1S/C16H26N4S/c1-13(11-18-16(17-2)19-7-3-4-8-19)20-9-5-15-14(12-20)6-10-21-15/h6,10,13H,3-5,7-9,11-12H2,1-2H3,(H,17,18). The second kappa shape index (κ2) is 6.79. The zero-order valence-electron chi connectivity index (χ0n) is 13.1. The first kappa shape index (κ1) is 14.9. The van der Waals surface area contributed by atoms with Gasteiger partial charge in [0.2, 0.25) is 0 Å². The quantitative estimate of drug-likeness (QED) is 0.686. The fraction of sp³-hybridized carbons (Fsp3) is 0.688. The van der Waals surface area contributed by atoms with Crippen molar-refractivity contribution in [3.05, 3.63) is 21.9 Å². The van der Waals surface area contributed by atoms with E-state index < -0.39 is 0 Å². The lowest BCUT2D eigenvalue weighted by atomic mass is 10.1. The third kappa shape index (κ3) is 3.40. The summed E-state index contributed by atoms with van der Waals surface area (Å²) in [6, 6.07) is 2.83.